The van der Waals surface area contributed by atoms with Crippen LogP contribution >= 0.6 is 0 Å². The van der Waals surface area contributed by atoms with E-state index in [0.29, 0.717) is 18.5 Å². The van der Waals surface area contributed by atoms with Gasteiger partial charge in [0.25, 0.3) is 0 Å². The van der Waals surface area contributed by atoms with E-state index in [0.717, 1.165) is 0 Å². The molecule has 0 saturated carbocycles. The van der Waals surface area contributed by atoms with E-state index >= 15 is 0 Å². The quantitative estimate of drug-likeness (QED) is 0.926. The van der Waals surface area contributed by atoms with E-state index in [9.17, 15) is 14.0 Å². The van der Waals surface area contributed by atoms with Gasteiger partial charge in [0.15, 0.2) is 0 Å². The molecule has 2 aromatic rings. The summed E-state index contributed by atoms with van der Waals surface area (Å²) in [6.07, 6.45) is 0.441. The van der Waals surface area contributed by atoms with Crippen LogP contribution in [-0.2, 0) is 9.59 Å². The fraction of sp³-hybridized carbons (Fsp3) is 0.263. The first-order valence-electron chi connectivity index (χ1n) is 8.14. The third-order valence-electron chi connectivity index (χ3n) is 4.56. The van der Waals surface area contributed by atoms with E-state index in [4.69, 9.17) is 5.73 Å². The maximum atomic E-state index is 14.0. The summed E-state index contributed by atoms with van der Waals surface area (Å²) in [6, 6.07) is 13.7. The number of carbonyl (C=O) groups excluding carboxylic acids is 2. The molecule has 0 radical (unpaired) electrons. The SMILES string of the molecule is CN(C(=O)[C@@H](N)c1ccccc1)[C@H]1CCN(c2ccccc2F)C1=O. The zero-order valence-electron chi connectivity index (χ0n) is 13.9. The van der Waals surface area contributed by atoms with Crippen LogP contribution in [-0.4, -0.2) is 36.3 Å². The van der Waals surface area contributed by atoms with Crippen LogP contribution in [0, 0.1) is 5.82 Å². The second kappa shape index (κ2) is 7.03. The number of amides is 2. The fourth-order valence-electron chi connectivity index (χ4n) is 3.11. The van der Waals surface area contributed by atoms with E-state index in [-0.39, 0.29) is 17.5 Å². The minimum absolute atomic E-state index is 0.239. The van der Waals surface area contributed by atoms with Gasteiger partial charge in [-0.25, -0.2) is 4.39 Å². The third kappa shape index (κ3) is 3.25. The van der Waals surface area contributed by atoms with Crippen LogP contribution < -0.4 is 10.6 Å². The van der Waals surface area contributed by atoms with Crippen molar-refractivity contribution in [1.29, 1.82) is 0 Å². The number of hydrogen-bond donors (Lipinski definition) is 1. The molecule has 25 heavy (non-hydrogen) atoms. The zero-order chi connectivity index (χ0) is 18.0. The summed E-state index contributed by atoms with van der Waals surface area (Å²) in [7, 11) is 1.57. The first-order chi connectivity index (χ1) is 12.0. The second-order valence-electron chi connectivity index (χ2n) is 6.08. The van der Waals surface area contributed by atoms with E-state index in [2.05, 4.69) is 0 Å². The van der Waals surface area contributed by atoms with E-state index in [1.165, 1.54) is 15.9 Å². The summed E-state index contributed by atoms with van der Waals surface area (Å²) in [5.74, 6) is -1.08. The van der Waals surface area contributed by atoms with E-state index < -0.39 is 17.9 Å². The molecule has 1 aliphatic rings. The number of benzene rings is 2. The Bertz CT molecular complexity index is 781. The first-order valence-corrected chi connectivity index (χ1v) is 8.14. The predicted molar refractivity (Wildman–Crippen MR) is 93.3 cm³/mol. The topological polar surface area (TPSA) is 66.6 Å². The maximum absolute atomic E-state index is 14.0. The lowest BCUT2D eigenvalue weighted by molar-refractivity contribution is -0.137. The fourth-order valence-corrected chi connectivity index (χ4v) is 3.11. The van der Waals surface area contributed by atoms with Crippen LogP contribution in [0.5, 0.6) is 0 Å². The molecule has 6 heteroatoms. The average Bonchev–Trinajstić information content (AvgIpc) is 3.02. The molecule has 0 aromatic heterocycles. The van der Waals surface area contributed by atoms with Gasteiger partial charge >= 0.3 is 0 Å². The molecule has 2 aromatic carbocycles. The Morgan fingerprint density at radius 3 is 2.52 bits per heavy atom. The number of nitrogens with two attached hydrogens (primary N) is 1. The predicted octanol–water partition coefficient (Wildman–Crippen LogP) is 2.09. The summed E-state index contributed by atoms with van der Waals surface area (Å²) in [4.78, 5) is 28.1. The van der Waals surface area contributed by atoms with Gasteiger partial charge in [-0.05, 0) is 24.1 Å². The summed E-state index contributed by atoms with van der Waals surface area (Å²) in [5, 5.41) is 0. The zero-order valence-corrected chi connectivity index (χ0v) is 13.9. The minimum Gasteiger partial charge on any atom is -0.332 e. The van der Waals surface area contributed by atoms with Gasteiger partial charge in [0, 0.05) is 13.6 Å². The number of para-hydroxylation sites is 1. The average molecular weight is 341 g/mol. The van der Waals surface area contributed by atoms with Crippen LogP contribution in [0.2, 0.25) is 0 Å². The van der Waals surface area contributed by atoms with Gasteiger partial charge in [-0.15, -0.1) is 0 Å². The monoisotopic (exact) mass is 341 g/mol. The number of nitrogens with zero attached hydrogens (tertiary/aromatic N) is 2. The lowest BCUT2D eigenvalue weighted by Gasteiger charge is -2.26. The van der Waals surface area contributed by atoms with Crippen LogP contribution in [0.15, 0.2) is 54.6 Å². The number of likely N-dealkylation sites (N-methyl/N-ethyl adjacent to an activating group) is 1. The van der Waals surface area contributed by atoms with Crippen molar-refractivity contribution in [1.82, 2.24) is 4.90 Å². The molecule has 3 rings (SSSR count). The van der Waals surface area contributed by atoms with Gasteiger partial charge in [0.2, 0.25) is 11.8 Å². The molecule has 1 heterocycles. The van der Waals surface area contributed by atoms with Crippen molar-refractivity contribution >= 4 is 17.5 Å². The molecule has 0 bridgehead atoms. The Hall–Kier alpha value is -2.73. The molecule has 130 valence electrons. The molecule has 2 amide bonds. The van der Waals surface area contributed by atoms with Crippen LogP contribution in [0.25, 0.3) is 0 Å². The highest BCUT2D eigenvalue weighted by Crippen LogP contribution is 2.27. The summed E-state index contributed by atoms with van der Waals surface area (Å²) >= 11 is 0. The summed E-state index contributed by atoms with van der Waals surface area (Å²) < 4.78 is 14.0. The number of carbonyl (C=O) groups is 2. The van der Waals surface area contributed by atoms with Crippen LogP contribution in [0.3, 0.4) is 0 Å². The number of rotatable bonds is 4. The highest BCUT2D eigenvalue weighted by atomic mass is 19.1. The van der Waals surface area contributed by atoms with Gasteiger partial charge in [-0.2, -0.15) is 0 Å². The maximum Gasteiger partial charge on any atom is 0.249 e. The molecule has 0 spiro atoms. The van der Waals surface area contributed by atoms with Crippen molar-refractivity contribution in [2.45, 2.75) is 18.5 Å². The largest absolute Gasteiger partial charge is 0.332 e. The smallest absolute Gasteiger partial charge is 0.249 e. The Kier molecular flexibility index (Phi) is 4.81. The molecular formula is C19H20FN3O2. The van der Waals surface area contributed by atoms with Crippen molar-refractivity contribution < 1.29 is 14.0 Å². The van der Waals surface area contributed by atoms with Gasteiger partial charge in [-0.3, -0.25) is 9.59 Å². The van der Waals surface area contributed by atoms with Crippen molar-refractivity contribution in [2.24, 2.45) is 5.73 Å². The number of anilines is 1. The molecule has 1 saturated heterocycles. The Morgan fingerprint density at radius 2 is 1.84 bits per heavy atom. The molecule has 1 aliphatic heterocycles. The number of hydrogen-bond acceptors (Lipinski definition) is 3. The van der Waals surface area contributed by atoms with Crippen LogP contribution in [0.1, 0.15) is 18.0 Å². The standard InChI is InChI=1S/C19H20FN3O2/c1-22(19(25)17(21)13-7-3-2-4-8-13)16-11-12-23(18(16)24)15-10-6-5-9-14(15)20/h2-10,16-17H,11-12,21H2,1H3/t16-,17-/m0/s1. The Balaban J connectivity index is 1.75. The van der Waals surface area contributed by atoms with E-state index in [1.807, 2.05) is 18.2 Å². The molecule has 5 nitrogen and oxygen atoms in total. The molecule has 1 fully saturated rings. The van der Waals surface area contributed by atoms with Crippen molar-refractivity contribution in [2.75, 3.05) is 18.5 Å². The Morgan fingerprint density at radius 1 is 1.20 bits per heavy atom. The van der Waals surface area contributed by atoms with Gasteiger partial charge < -0.3 is 15.5 Å². The summed E-state index contributed by atoms with van der Waals surface area (Å²) in [6.45, 7) is 0.364. The Labute approximate surface area is 145 Å². The summed E-state index contributed by atoms with van der Waals surface area (Å²) in [5.41, 5.74) is 6.98. The molecule has 0 unspecified atom stereocenters. The lowest BCUT2D eigenvalue weighted by Crippen LogP contribution is -2.46. The second-order valence-corrected chi connectivity index (χ2v) is 6.08. The highest BCUT2D eigenvalue weighted by molar-refractivity contribution is 6.01. The highest BCUT2D eigenvalue weighted by Gasteiger charge is 2.39. The molecule has 0 aliphatic carbocycles. The normalized spacial score (nSPS) is 18.3. The van der Waals surface area contributed by atoms with Crippen molar-refractivity contribution in [3.8, 4) is 0 Å². The van der Waals surface area contributed by atoms with E-state index in [1.54, 1.807) is 37.4 Å². The third-order valence-corrected chi connectivity index (χ3v) is 4.56. The molecule has 2 N–H and O–H groups in total. The van der Waals surface area contributed by atoms with Gasteiger partial charge in [0.1, 0.15) is 17.9 Å². The lowest BCUT2D eigenvalue weighted by atomic mass is 10.1. The molecular weight excluding hydrogens is 321 g/mol. The first kappa shape index (κ1) is 17.1. The molecule has 2 atom stereocenters. The number of halogens is 1. The van der Waals surface area contributed by atoms with Crippen LogP contribution in [0.4, 0.5) is 10.1 Å². The minimum atomic E-state index is -0.832. The van der Waals surface area contributed by atoms with Crippen molar-refractivity contribution in [3.05, 3.63) is 66.0 Å². The van der Waals surface area contributed by atoms with Gasteiger partial charge in [0.05, 0.1) is 5.69 Å². The van der Waals surface area contributed by atoms with Gasteiger partial charge in [-0.1, -0.05) is 42.5 Å². The van der Waals surface area contributed by atoms with Crippen molar-refractivity contribution in [3.63, 3.8) is 0 Å².